The van der Waals surface area contributed by atoms with E-state index in [9.17, 15) is 9.59 Å². The molecule has 0 unspecified atom stereocenters. The first kappa shape index (κ1) is 22.8. The molecule has 8 nitrogen and oxygen atoms in total. The Labute approximate surface area is 206 Å². The molecule has 2 amide bonds. The number of para-hydroxylation sites is 3. The lowest BCUT2D eigenvalue weighted by Gasteiger charge is -2.32. The number of nitrogens with one attached hydrogen (secondary N) is 1. The molecule has 0 saturated carbocycles. The second-order valence-electron chi connectivity index (χ2n) is 7.90. The van der Waals surface area contributed by atoms with Crippen LogP contribution in [0.3, 0.4) is 0 Å². The van der Waals surface area contributed by atoms with Crippen LogP contribution in [0.5, 0.6) is 17.2 Å². The number of carbonyl (C=O) groups excluding carboxylic acids is 2. The summed E-state index contributed by atoms with van der Waals surface area (Å²) in [5, 5.41) is 2.71. The number of aliphatic imine (C=N–C) groups is 1. The van der Waals surface area contributed by atoms with Crippen molar-refractivity contribution in [2.24, 2.45) is 4.99 Å². The quantitative estimate of drug-likeness (QED) is 0.545. The average Bonchev–Trinajstić information content (AvgIpc) is 3.35. The van der Waals surface area contributed by atoms with Gasteiger partial charge in [0.05, 0.1) is 25.0 Å². The Kier molecular flexibility index (Phi) is 6.58. The number of amides is 2. The third-order valence-electron chi connectivity index (χ3n) is 5.56. The van der Waals surface area contributed by atoms with Crippen molar-refractivity contribution in [1.29, 1.82) is 0 Å². The zero-order valence-corrected chi connectivity index (χ0v) is 19.8. The molecule has 1 saturated heterocycles. The van der Waals surface area contributed by atoms with Gasteiger partial charge in [-0.2, -0.15) is 0 Å². The Morgan fingerprint density at radius 1 is 1.09 bits per heavy atom. The molecule has 0 radical (unpaired) electrons. The van der Waals surface area contributed by atoms with Gasteiger partial charge in [-0.05, 0) is 42.0 Å². The van der Waals surface area contributed by atoms with Gasteiger partial charge in [-0.3, -0.25) is 14.5 Å². The van der Waals surface area contributed by atoms with Gasteiger partial charge in [0.2, 0.25) is 18.6 Å². The molecule has 0 bridgehead atoms. The predicted molar refractivity (Wildman–Crippen MR) is 134 cm³/mol. The van der Waals surface area contributed by atoms with Crippen molar-refractivity contribution in [2.75, 3.05) is 19.2 Å². The van der Waals surface area contributed by atoms with E-state index in [4.69, 9.17) is 19.2 Å². The molecule has 2 heterocycles. The number of carbonyl (C=O) groups is 2. The van der Waals surface area contributed by atoms with E-state index < -0.39 is 5.25 Å². The summed E-state index contributed by atoms with van der Waals surface area (Å²) in [6.07, 6.45) is 0.0456. The summed E-state index contributed by atoms with van der Waals surface area (Å²) < 4.78 is 16.2. The lowest BCUT2D eigenvalue weighted by molar-refractivity contribution is -0.129. The fraction of sp³-hybridized carbons (Fsp3) is 0.192. The van der Waals surface area contributed by atoms with E-state index >= 15 is 0 Å². The summed E-state index contributed by atoms with van der Waals surface area (Å²) in [7, 11) is 1.54. The Bertz CT molecular complexity index is 1280. The molecule has 1 fully saturated rings. The number of benzene rings is 3. The fourth-order valence-electron chi connectivity index (χ4n) is 3.79. The van der Waals surface area contributed by atoms with Crippen LogP contribution in [0.15, 0.2) is 77.8 Å². The summed E-state index contributed by atoms with van der Waals surface area (Å²) in [4.78, 5) is 32.8. The van der Waals surface area contributed by atoms with Crippen LogP contribution in [0.4, 0.5) is 11.4 Å². The highest BCUT2D eigenvalue weighted by Crippen LogP contribution is 2.35. The summed E-state index contributed by atoms with van der Waals surface area (Å²) >= 11 is 1.27. The first-order valence-corrected chi connectivity index (χ1v) is 11.9. The zero-order valence-electron chi connectivity index (χ0n) is 19.0. The minimum atomic E-state index is -0.636. The molecule has 2 aliphatic rings. The topological polar surface area (TPSA) is 89.5 Å². The highest BCUT2D eigenvalue weighted by Gasteiger charge is 2.36. The molecule has 3 aromatic rings. The summed E-state index contributed by atoms with van der Waals surface area (Å²) in [6, 6.07) is 22.1. The van der Waals surface area contributed by atoms with Gasteiger partial charge in [0.25, 0.3) is 0 Å². The maximum Gasteiger partial charge on any atom is 0.238 e. The normalized spacial score (nSPS) is 18.0. The van der Waals surface area contributed by atoms with Crippen LogP contribution >= 0.6 is 11.8 Å². The van der Waals surface area contributed by atoms with Crippen molar-refractivity contribution >= 4 is 40.1 Å². The number of hydrogen-bond donors (Lipinski definition) is 1. The molecule has 5 rings (SSSR count). The standard InChI is InChI=1S/C26H23N3O5S/c1-32-20-10-6-5-9-19(20)28-25(31)23-14-24(30)29(26(35-23)27-18-7-3-2-4-8-18)15-17-11-12-21-22(13-17)34-16-33-21/h2-13,23H,14-16H2,1H3,(H,28,31)/t23-/m0/s1. The van der Waals surface area contributed by atoms with Gasteiger partial charge in [0, 0.05) is 6.42 Å². The number of hydrogen-bond acceptors (Lipinski definition) is 7. The van der Waals surface area contributed by atoms with Crippen LogP contribution in [0.2, 0.25) is 0 Å². The smallest absolute Gasteiger partial charge is 0.238 e. The molecular weight excluding hydrogens is 466 g/mol. The molecule has 178 valence electrons. The highest BCUT2D eigenvalue weighted by molar-refractivity contribution is 8.15. The number of anilines is 1. The van der Waals surface area contributed by atoms with Crippen molar-refractivity contribution in [3.8, 4) is 17.2 Å². The Morgan fingerprint density at radius 2 is 1.86 bits per heavy atom. The zero-order chi connectivity index (χ0) is 24.2. The number of rotatable bonds is 6. The minimum absolute atomic E-state index is 0.0456. The molecule has 0 aromatic heterocycles. The van der Waals surface area contributed by atoms with E-state index in [0.717, 1.165) is 5.56 Å². The maximum atomic E-state index is 13.3. The predicted octanol–water partition coefficient (Wildman–Crippen LogP) is 4.58. The molecular formula is C26H23N3O5S. The van der Waals surface area contributed by atoms with Crippen LogP contribution in [0.25, 0.3) is 0 Å². The molecule has 3 aromatic carbocycles. The van der Waals surface area contributed by atoms with Crippen LogP contribution in [-0.2, 0) is 16.1 Å². The number of methoxy groups -OCH3 is 1. The van der Waals surface area contributed by atoms with Crippen molar-refractivity contribution in [2.45, 2.75) is 18.2 Å². The van der Waals surface area contributed by atoms with Gasteiger partial charge >= 0.3 is 0 Å². The monoisotopic (exact) mass is 489 g/mol. The number of thioether (sulfide) groups is 1. The third kappa shape index (κ3) is 5.09. The minimum Gasteiger partial charge on any atom is -0.495 e. The molecule has 0 aliphatic carbocycles. The van der Waals surface area contributed by atoms with E-state index in [2.05, 4.69) is 5.32 Å². The van der Waals surface area contributed by atoms with Gasteiger partial charge in [0.15, 0.2) is 16.7 Å². The highest BCUT2D eigenvalue weighted by atomic mass is 32.2. The molecule has 1 atom stereocenters. The van der Waals surface area contributed by atoms with E-state index in [1.807, 2.05) is 60.7 Å². The SMILES string of the molecule is COc1ccccc1NC(=O)[C@@H]1CC(=O)N(Cc2ccc3c(c2)OCO3)C(=Nc2ccccc2)S1. The van der Waals surface area contributed by atoms with Crippen molar-refractivity contribution in [3.63, 3.8) is 0 Å². The summed E-state index contributed by atoms with van der Waals surface area (Å²) in [5.74, 6) is 1.41. The molecule has 2 aliphatic heterocycles. The first-order chi connectivity index (χ1) is 17.1. The molecule has 1 N–H and O–H groups in total. The van der Waals surface area contributed by atoms with E-state index in [1.54, 1.807) is 24.1 Å². The van der Waals surface area contributed by atoms with E-state index in [0.29, 0.717) is 40.3 Å². The van der Waals surface area contributed by atoms with Gasteiger partial charge in [-0.25, -0.2) is 4.99 Å². The number of ether oxygens (including phenoxy) is 3. The van der Waals surface area contributed by atoms with Gasteiger partial charge in [-0.1, -0.05) is 48.2 Å². The maximum absolute atomic E-state index is 13.3. The number of fused-ring (bicyclic) bond motifs is 1. The molecule has 9 heteroatoms. The van der Waals surface area contributed by atoms with Gasteiger partial charge in [-0.15, -0.1) is 0 Å². The average molecular weight is 490 g/mol. The van der Waals surface area contributed by atoms with Gasteiger partial charge in [0.1, 0.15) is 11.0 Å². The number of nitrogens with zero attached hydrogens (tertiary/aromatic N) is 2. The van der Waals surface area contributed by atoms with E-state index in [1.165, 1.54) is 11.8 Å². The van der Waals surface area contributed by atoms with Crippen molar-refractivity contribution < 1.29 is 23.8 Å². The number of amidine groups is 1. The Balaban J connectivity index is 1.40. The van der Waals surface area contributed by atoms with E-state index in [-0.39, 0.29) is 25.0 Å². The summed E-state index contributed by atoms with van der Waals surface area (Å²) in [6.45, 7) is 0.482. The molecule has 0 spiro atoms. The second-order valence-corrected chi connectivity index (χ2v) is 9.07. The lowest BCUT2D eigenvalue weighted by Crippen LogP contribution is -2.44. The van der Waals surface area contributed by atoms with Crippen LogP contribution in [0.1, 0.15) is 12.0 Å². The van der Waals surface area contributed by atoms with Crippen LogP contribution < -0.4 is 19.5 Å². The lowest BCUT2D eigenvalue weighted by atomic mass is 10.1. The fourth-order valence-corrected chi connectivity index (χ4v) is 4.89. The van der Waals surface area contributed by atoms with Gasteiger partial charge < -0.3 is 19.5 Å². The van der Waals surface area contributed by atoms with Crippen molar-refractivity contribution in [3.05, 3.63) is 78.4 Å². The summed E-state index contributed by atoms with van der Waals surface area (Å²) in [5.41, 5.74) is 2.13. The molecule has 35 heavy (non-hydrogen) atoms. The Morgan fingerprint density at radius 3 is 2.69 bits per heavy atom. The first-order valence-electron chi connectivity index (χ1n) is 11.0. The Hall–Kier alpha value is -3.98. The van der Waals surface area contributed by atoms with Crippen molar-refractivity contribution in [1.82, 2.24) is 4.90 Å². The van der Waals surface area contributed by atoms with Crippen LogP contribution in [-0.4, -0.2) is 41.0 Å². The van der Waals surface area contributed by atoms with Crippen LogP contribution in [0, 0.1) is 0 Å². The third-order valence-corrected chi connectivity index (χ3v) is 6.74. The largest absolute Gasteiger partial charge is 0.495 e. The second kappa shape index (κ2) is 10.1.